The average molecular weight is 688 g/mol. The van der Waals surface area contributed by atoms with Crippen LogP contribution in [-0.4, -0.2) is 69.2 Å². The molecule has 2 aliphatic heterocycles. The summed E-state index contributed by atoms with van der Waals surface area (Å²) >= 11 is 9.32. The van der Waals surface area contributed by atoms with Gasteiger partial charge in [0.15, 0.2) is 0 Å². The van der Waals surface area contributed by atoms with Crippen molar-refractivity contribution >= 4 is 49.4 Å². The number of carbonyl (C=O) groups excluding carboxylic acids is 2. The lowest BCUT2D eigenvalue weighted by Gasteiger charge is -2.30. The van der Waals surface area contributed by atoms with Crippen molar-refractivity contribution in [2.75, 3.05) is 25.9 Å². The highest BCUT2D eigenvalue weighted by Gasteiger charge is 2.42. The summed E-state index contributed by atoms with van der Waals surface area (Å²) in [6, 6.07) is 9.85. The third kappa shape index (κ3) is 9.72. The summed E-state index contributed by atoms with van der Waals surface area (Å²) in [4.78, 5) is 28.8. The minimum Gasteiger partial charge on any atom is -0.371 e. The van der Waals surface area contributed by atoms with Crippen LogP contribution in [0.4, 0.5) is 4.39 Å². The van der Waals surface area contributed by atoms with Gasteiger partial charge in [-0.1, -0.05) is 45.7 Å². The fraction of sp³-hybridized carbons (Fsp3) is 0.517. The normalized spacial score (nSPS) is 20.4. The summed E-state index contributed by atoms with van der Waals surface area (Å²) in [5.41, 5.74) is 1.15. The van der Waals surface area contributed by atoms with Crippen LogP contribution in [0.3, 0.4) is 0 Å². The number of likely N-dealkylation sites (tertiary alicyclic amines) is 1. The van der Waals surface area contributed by atoms with Crippen LogP contribution in [0, 0.1) is 11.7 Å². The summed E-state index contributed by atoms with van der Waals surface area (Å²) in [6.07, 6.45) is 3.58. The maximum atomic E-state index is 14.4. The molecule has 4 rings (SSSR count). The van der Waals surface area contributed by atoms with Crippen molar-refractivity contribution in [1.29, 1.82) is 0 Å². The number of ether oxygens (including phenoxy) is 1. The van der Waals surface area contributed by atoms with Crippen molar-refractivity contribution in [3.05, 3.63) is 68.9 Å². The largest absolute Gasteiger partial charge is 0.371 e. The van der Waals surface area contributed by atoms with Gasteiger partial charge in [0.1, 0.15) is 17.9 Å². The number of nitrogens with one attached hydrogen (secondary N) is 3. The number of hydrogen-bond donors (Lipinski definition) is 3. The molecule has 2 aromatic rings. The molecule has 0 unspecified atom stereocenters. The van der Waals surface area contributed by atoms with E-state index < -0.39 is 39.9 Å². The maximum absolute atomic E-state index is 14.4. The fourth-order valence-corrected chi connectivity index (χ4v) is 6.76. The van der Waals surface area contributed by atoms with E-state index in [1.165, 1.54) is 11.0 Å². The lowest BCUT2D eigenvalue weighted by molar-refractivity contribution is -0.140. The van der Waals surface area contributed by atoms with Gasteiger partial charge in [0.05, 0.1) is 19.0 Å². The topological polar surface area (TPSA) is 117 Å². The molecule has 3 N–H and O–H groups in total. The van der Waals surface area contributed by atoms with Gasteiger partial charge in [-0.05, 0) is 74.5 Å². The molecule has 0 aromatic heterocycles. The van der Waals surface area contributed by atoms with Crippen LogP contribution < -0.4 is 15.4 Å². The van der Waals surface area contributed by atoms with E-state index in [4.69, 9.17) is 16.3 Å². The zero-order valence-corrected chi connectivity index (χ0v) is 26.6. The van der Waals surface area contributed by atoms with Gasteiger partial charge in [-0.2, -0.15) is 0 Å². The third-order valence-electron chi connectivity index (χ3n) is 7.67. The Bertz CT molecular complexity index is 1360. The number of piperidine rings is 1. The molecule has 0 spiro atoms. The first kappa shape index (κ1) is 32.8. The molecular weight excluding hydrogens is 651 g/mol. The number of rotatable bonds is 12. The molecule has 0 radical (unpaired) electrons. The van der Waals surface area contributed by atoms with E-state index in [1.807, 2.05) is 6.07 Å². The number of hydrogen-bond acceptors (Lipinski definition) is 6. The molecule has 0 saturated carbocycles. The molecule has 0 aliphatic carbocycles. The quantitative estimate of drug-likeness (QED) is 0.313. The van der Waals surface area contributed by atoms with Gasteiger partial charge in [0.2, 0.25) is 21.8 Å². The lowest BCUT2D eigenvalue weighted by Crippen LogP contribution is -2.53. The van der Waals surface area contributed by atoms with Gasteiger partial charge in [0.25, 0.3) is 0 Å². The first-order valence-electron chi connectivity index (χ1n) is 14.0. The van der Waals surface area contributed by atoms with Crippen LogP contribution in [0.5, 0.6) is 0 Å². The Morgan fingerprint density at radius 1 is 1.21 bits per heavy atom. The van der Waals surface area contributed by atoms with Crippen LogP contribution in [0.15, 0.2) is 46.9 Å². The predicted octanol–water partition coefficient (Wildman–Crippen LogP) is 3.74. The van der Waals surface area contributed by atoms with Crippen molar-refractivity contribution in [3.8, 4) is 0 Å². The Hall–Kier alpha value is -2.09. The standard InChI is InChI=1S/C29H37BrClFN4O5S/c1-42(39,40)35-26(8-5-19-9-11-33-12-10-19)29(38)36-17-24(41-18-21-6-7-22(30)14-25(21)32)15-27(36)28(37)34-16-20-3-2-4-23(31)13-20/h2-4,6-7,13-14,19,24,26-27,33,35H,5,8-12,15-18H2,1H3,(H,34,37)/t24-,26-,27-/m1/s1. The molecule has 2 amide bonds. The molecule has 0 bridgehead atoms. The van der Waals surface area contributed by atoms with Crippen LogP contribution in [-0.2, 0) is 37.5 Å². The molecule has 42 heavy (non-hydrogen) atoms. The number of benzene rings is 2. The number of amides is 2. The van der Waals surface area contributed by atoms with Crippen LogP contribution in [0.1, 0.15) is 43.2 Å². The van der Waals surface area contributed by atoms with Gasteiger partial charge < -0.3 is 20.3 Å². The molecule has 2 fully saturated rings. The second-order valence-electron chi connectivity index (χ2n) is 11.0. The SMILES string of the molecule is CS(=O)(=O)N[C@H](CCC1CCNCC1)C(=O)N1C[C@H](OCc2ccc(Br)cc2F)C[C@@H]1C(=O)NCc1cccc(Cl)c1. The maximum Gasteiger partial charge on any atom is 0.243 e. The number of carbonyl (C=O) groups is 2. The second kappa shape index (κ2) is 15.1. The summed E-state index contributed by atoms with van der Waals surface area (Å²) in [5, 5.41) is 6.72. The Morgan fingerprint density at radius 2 is 1.98 bits per heavy atom. The zero-order chi connectivity index (χ0) is 30.3. The molecule has 2 aromatic carbocycles. The number of sulfonamides is 1. The van der Waals surface area contributed by atoms with Crippen molar-refractivity contribution in [1.82, 2.24) is 20.3 Å². The van der Waals surface area contributed by atoms with E-state index in [2.05, 4.69) is 31.3 Å². The van der Waals surface area contributed by atoms with E-state index in [-0.39, 0.29) is 32.0 Å². The van der Waals surface area contributed by atoms with Crippen molar-refractivity contribution in [2.45, 2.75) is 63.4 Å². The summed E-state index contributed by atoms with van der Waals surface area (Å²) in [5.74, 6) is -0.907. The summed E-state index contributed by atoms with van der Waals surface area (Å²) < 4.78 is 48.0. The Morgan fingerprint density at radius 3 is 2.67 bits per heavy atom. The van der Waals surface area contributed by atoms with Gasteiger partial charge in [-0.3, -0.25) is 9.59 Å². The average Bonchev–Trinajstić information content (AvgIpc) is 3.37. The molecule has 2 saturated heterocycles. The summed E-state index contributed by atoms with van der Waals surface area (Å²) in [7, 11) is -3.71. The summed E-state index contributed by atoms with van der Waals surface area (Å²) in [6.45, 7) is 2.02. The molecular formula is C29H37BrClFN4O5S. The molecule has 3 atom stereocenters. The van der Waals surface area contributed by atoms with Crippen LogP contribution in [0.25, 0.3) is 0 Å². The van der Waals surface area contributed by atoms with Gasteiger partial charge >= 0.3 is 0 Å². The number of nitrogens with zero attached hydrogens (tertiary/aromatic N) is 1. The molecule has 2 aliphatic rings. The zero-order valence-electron chi connectivity index (χ0n) is 23.5. The smallest absolute Gasteiger partial charge is 0.243 e. The van der Waals surface area contributed by atoms with Gasteiger partial charge in [-0.25, -0.2) is 17.5 Å². The Kier molecular flexibility index (Phi) is 11.8. The Labute approximate surface area is 260 Å². The highest BCUT2D eigenvalue weighted by molar-refractivity contribution is 9.10. The molecule has 9 nitrogen and oxygen atoms in total. The van der Waals surface area contributed by atoms with E-state index in [0.717, 1.165) is 37.8 Å². The first-order chi connectivity index (χ1) is 20.0. The van der Waals surface area contributed by atoms with E-state index in [1.54, 1.807) is 30.3 Å². The monoisotopic (exact) mass is 686 g/mol. The molecule has 230 valence electrons. The highest BCUT2D eigenvalue weighted by atomic mass is 79.9. The van der Waals surface area contributed by atoms with Gasteiger partial charge in [0, 0.05) is 34.6 Å². The third-order valence-corrected chi connectivity index (χ3v) is 9.11. The molecule has 13 heteroatoms. The minimum absolute atomic E-state index is 0.0383. The number of halogens is 3. The van der Waals surface area contributed by atoms with Gasteiger partial charge in [-0.15, -0.1) is 0 Å². The first-order valence-corrected chi connectivity index (χ1v) is 17.1. The lowest BCUT2D eigenvalue weighted by atomic mass is 9.91. The van der Waals surface area contributed by atoms with Crippen LogP contribution >= 0.6 is 27.5 Å². The second-order valence-corrected chi connectivity index (χ2v) is 14.1. The fourth-order valence-electron chi connectivity index (χ4n) is 5.47. The van der Waals surface area contributed by atoms with Crippen molar-refractivity contribution in [2.24, 2.45) is 5.92 Å². The van der Waals surface area contributed by atoms with E-state index >= 15 is 0 Å². The van der Waals surface area contributed by atoms with Crippen LogP contribution in [0.2, 0.25) is 5.02 Å². The Balaban J connectivity index is 1.50. The van der Waals surface area contributed by atoms with Crippen molar-refractivity contribution in [3.63, 3.8) is 0 Å². The van der Waals surface area contributed by atoms with E-state index in [0.29, 0.717) is 33.8 Å². The molecule has 2 heterocycles. The highest BCUT2D eigenvalue weighted by Crippen LogP contribution is 2.26. The minimum atomic E-state index is -3.71. The van der Waals surface area contributed by atoms with Crippen molar-refractivity contribution < 1.29 is 27.1 Å². The van der Waals surface area contributed by atoms with E-state index in [9.17, 15) is 22.4 Å². The predicted molar refractivity (Wildman–Crippen MR) is 163 cm³/mol.